The van der Waals surface area contributed by atoms with Crippen molar-refractivity contribution in [1.29, 1.82) is 0 Å². The number of anilines is 2. The summed E-state index contributed by atoms with van der Waals surface area (Å²) in [6.45, 7) is 4.99. The van der Waals surface area contributed by atoms with E-state index in [1.807, 2.05) is 24.3 Å². The van der Waals surface area contributed by atoms with Gasteiger partial charge in [-0.15, -0.1) is 0 Å². The maximum atomic E-state index is 5.75. The summed E-state index contributed by atoms with van der Waals surface area (Å²) < 4.78 is 0. The van der Waals surface area contributed by atoms with Crippen molar-refractivity contribution in [3.8, 4) is 0 Å². The predicted molar refractivity (Wildman–Crippen MR) is 58.8 cm³/mol. The Hall–Kier alpha value is -1.44. The number of nitrogens with two attached hydrogens (primary N) is 1. The first-order valence-corrected chi connectivity index (χ1v) is 4.42. The van der Waals surface area contributed by atoms with Crippen molar-refractivity contribution < 1.29 is 0 Å². The van der Waals surface area contributed by atoms with Gasteiger partial charge in [0.25, 0.3) is 0 Å². The highest BCUT2D eigenvalue weighted by atomic mass is 14.9. The molecule has 0 bridgehead atoms. The van der Waals surface area contributed by atoms with Crippen LogP contribution in [0.15, 0.2) is 35.9 Å². The second kappa shape index (κ2) is 4.55. The first-order chi connectivity index (χ1) is 6.20. The van der Waals surface area contributed by atoms with E-state index in [9.17, 15) is 0 Å². The smallest absolute Gasteiger partial charge is 0.0576 e. The van der Waals surface area contributed by atoms with Crippen molar-refractivity contribution in [2.75, 3.05) is 17.6 Å². The number of allylic oxidation sites excluding steroid dienone is 1. The van der Waals surface area contributed by atoms with E-state index in [2.05, 4.69) is 25.2 Å². The second-order valence-corrected chi connectivity index (χ2v) is 3.25. The Kier molecular flexibility index (Phi) is 3.38. The molecule has 0 radical (unpaired) electrons. The van der Waals surface area contributed by atoms with Crippen molar-refractivity contribution in [2.24, 2.45) is 0 Å². The van der Waals surface area contributed by atoms with Crippen LogP contribution >= 0.6 is 0 Å². The number of para-hydroxylation sites is 2. The molecule has 13 heavy (non-hydrogen) atoms. The van der Waals surface area contributed by atoms with Crippen LogP contribution in [0.5, 0.6) is 0 Å². The standard InChI is InChI=1S/C11H16N2/c1-9(2)7-8-13-11-6-4-3-5-10(11)12/h3-7,13H,8,12H2,1-2H3. The predicted octanol–water partition coefficient (Wildman–Crippen LogP) is 2.65. The normalized spacial score (nSPS) is 9.38. The third kappa shape index (κ3) is 3.20. The lowest BCUT2D eigenvalue weighted by Crippen LogP contribution is -2.01. The van der Waals surface area contributed by atoms with Crippen molar-refractivity contribution in [1.82, 2.24) is 0 Å². The van der Waals surface area contributed by atoms with E-state index >= 15 is 0 Å². The summed E-state index contributed by atoms with van der Waals surface area (Å²) in [6.07, 6.45) is 2.13. The van der Waals surface area contributed by atoms with Gasteiger partial charge >= 0.3 is 0 Å². The van der Waals surface area contributed by atoms with E-state index in [-0.39, 0.29) is 0 Å². The van der Waals surface area contributed by atoms with E-state index in [0.717, 1.165) is 17.9 Å². The molecule has 0 aliphatic rings. The summed E-state index contributed by atoms with van der Waals surface area (Å²) in [5.74, 6) is 0. The van der Waals surface area contributed by atoms with Gasteiger partial charge in [0, 0.05) is 6.54 Å². The van der Waals surface area contributed by atoms with Gasteiger partial charge in [-0.25, -0.2) is 0 Å². The molecule has 0 amide bonds. The summed E-state index contributed by atoms with van der Waals surface area (Å²) in [5, 5.41) is 3.24. The molecule has 2 nitrogen and oxygen atoms in total. The average molecular weight is 176 g/mol. The molecular weight excluding hydrogens is 160 g/mol. The van der Waals surface area contributed by atoms with Crippen LogP contribution in [0.3, 0.4) is 0 Å². The molecule has 1 aromatic rings. The van der Waals surface area contributed by atoms with E-state index in [4.69, 9.17) is 5.73 Å². The van der Waals surface area contributed by atoms with Gasteiger partial charge in [0.15, 0.2) is 0 Å². The molecule has 0 spiro atoms. The van der Waals surface area contributed by atoms with Crippen LogP contribution in [0, 0.1) is 0 Å². The number of nitrogens with one attached hydrogen (secondary N) is 1. The Morgan fingerprint density at radius 2 is 2.08 bits per heavy atom. The fourth-order valence-corrected chi connectivity index (χ4v) is 1.02. The zero-order chi connectivity index (χ0) is 9.68. The van der Waals surface area contributed by atoms with E-state index in [0.29, 0.717) is 0 Å². The number of nitrogen functional groups attached to an aromatic ring is 1. The fourth-order valence-electron chi connectivity index (χ4n) is 1.02. The molecule has 1 aromatic carbocycles. The van der Waals surface area contributed by atoms with Gasteiger partial charge in [0.2, 0.25) is 0 Å². The molecule has 0 aromatic heterocycles. The highest BCUT2D eigenvalue weighted by Gasteiger charge is 1.93. The molecule has 0 unspecified atom stereocenters. The molecule has 0 saturated heterocycles. The Bertz CT molecular complexity index is 299. The molecule has 0 aliphatic heterocycles. The zero-order valence-corrected chi connectivity index (χ0v) is 8.17. The quantitative estimate of drug-likeness (QED) is 0.549. The fraction of sp³-hybridized carbons (Fsp3) is 0.273. The van der Waals surface area contributed by atoms with Gasteiger partial charge < -0.3 is 11.1 Å². The maximum Gasteiger partial charge on any atom is 0.0576 e. The monoisotopic (exact) mass is 176 g/mol. The molecule has 70 valence electrons. The van der Waals surface area contributed by atoms with Gasteiger partial charge in [-0.05, 0) is 26.0 Å². The van der Waals surface area contributed by atoms with Gasteiger partial charge in [0.05, 0.1) is 11.4 Å². The minimum Gasteiger partial charge on any atom is -0.397 e. The third-order valence-corrected chi connectivity index (χ3v) is 1.76. The van der Waals surface area contributed by atoms with E-state index < -0.39 is 0 Å². The maximum absolute atomic E-state index is 5.75. The number of hydrogen-bond donors (Lipinski definition) is 2. The van der Waals surface area contributed by atoms with Crippen molar-refractivity contribution in [3.63, 3.8) is 0 Å². The van der Waals surface area contributed by atoms with E-state index in [1.165, 1.54) is 5.57 Å². The minimum absolute atomic E-state index is 0.796. The van der Waals surface area contributed by atoms with Crippen molar-refractivity contribution >= 4 is 11.4 Å². The van der Waals surface area contributed by atoms with Crippen LogP contribution in [0.25, 0.3) is 0 Å². The second-order valence-electron chi connectivity index (χ2n) is 3.25. The lowest BCUT2D eigenvalue weighted by atomic mass is 10.2. The topological polar surface area (TPSA) is 38.0 Å². The Labute approximate surface area is 79.5 Å². The third-order valence-electron chi connectivity index (χ3n) is 1.76. The summed E-state index contributed by atoms with van der Waals surface area (Å²) in [6, 6.07) is 7.78. The summed E-state index contributed by atoms with van der Waals surface area (Å²) in [4.78, 5) is 0. The summed E-state index contributed by atoms with van der Waals surface area (Å²) in [7, 11) is 0. The van der Waals surface area contributed by atoms with Crippen LogP contribution in [0.1, 0.15) is 13.8 Å². The largest absolute Gasteiger partial charge is 0.397 e. The Morgan fingerprint density at radius 3 is 2.69 bits per heavy atom. The van der Waals surface area contributed by atoms with Gasteiger partial charge in [0.1, 0.15) is 0 Å². The summed E-state index contributed by atoms with van der Waals surface area (Å²) in [5.41, 5.74) is 8.86. The molecule has 1 rings (SSSR count). The first-order valence-electron chi connectivity index (χ1n) is 4.42. The Morgan fingerprint density at radius 1 is 1.38 bits per heavy atom. The molecular formula is C11H16N2. The summed E-state index contributed by atoms with van der Waals surface area (Å²) >= 11 is 0. The molecule has 0 aliphatic carbocycles. The molecule has 0 fully saturated rings. The van der Waals surface area contributed by atoms with Crippen molar-refractivity contribution in [3.05, 3.63) is 35.9 Å². The van der Waals surface area contributed by atoms with Crippen LogP contribution in [0.2, 0.25) is 0 Å². The SMILES string of the molecule is CC(C)=CCNc1ccccc1N. The minimum atomic E-state index is 0.796. The van der Waals surface area contributed by atoms with Crippen LogP contribution in [0.4, 0.5) is 11.4 Å². The van der Waals surface area contributed by atoms with Gasteiger partial charge in [-0.1, -0.05) is 23.8 Å². The van der Waals surface area contributed by atoms with Crippen LogP contribution < -0.4 is 11.1 Å². The Balaban J connectivity index is 2.55. The highest BCUT2D eigenvalue weighted by molar-refractivity contribution is 5.65. The molecule has 2 heteroatoms. The van der Waals surface area contributed by atoms with Crippen LogP contribution in [-0.4, -0.2) is 6.54 Å². The molecule has 3 N–H and O–H groups in total. The zero-order valence-electron chi connectivity index (χ0n) is 8.17. The van der Waals surface area contributed by atoms with Gasteiger partial charge in [-0.3, -0.25) is 0 Å². The molecule has 0 atom stereocenters. The molecule has 0 heterocycles. The van der Waals surface area contributed by atoms with E-state index in [1.54, 1.807) is 0 Å². The van der Waals surface area contributed by atoms with Crippen LogP contribution in [-0.2, 0) is 0 Å². The lowest BCUT2D eigenvalue weighted by molar-refractivity contribution is 1.26. The average Bonchev–Trinajstić information content (AvgIpc) is 2.08. The molecule has 0 saturated carbocycles. The first kappa shape index (κ1) is 9.65. The van der Waals surface area contributed by atoms with Gasteiger partial charge in [-0.2, -0.15) is 0 Å². The number of hydrogen-bond acceptors (Lipinski definition) is 2. The number of benzene rings is 1. The number of rotatable bonds is 3. The highest BCUT2D eigenvalue weighted by Crippen LogP contribution is 2.15. The lowest BCUT2D eigenvalue weighted by Gasteiger charge is -2.06. The van der Waals surface area contributed by atoms with Crippen molar-refractivity contribution in [2.45, 2.75) is 13.8 Å².